The van der Waals surface area contributed by atoms with Crippen molar-refractivity contribution >= 4 is 22.7 Å². The Balaban J connectivity index is 1.93. The van der Waals surface area contributed by atoms with E-state index in [9.17, 15) is 9.59 Å². The summed E-state index contributed by atoms with van der Waals surface area (Å²) in [5.41, 5.74) is 2.80. The van der Waals surface area contributed by atoms with Crippen LogP contribution in [0, 0.1) is 0 Å². The van der Waals surface area contributed by atoms with Crippen LogP contribution in [0.2, 0.25) is 0 Å². The van der Waals surface area contributed by atoms with Gasteiger partial charge in [0.25, 0.3) is 5.91 Å². The third-order valence-electron chi connectivity index (χ3n) is 4.45. The van der Waals surface area contributed by atoms with Gasteiger partial charge < -0.3 is 10.2 Å². The summed E-state index contributed by atoms with van der Waals surface area (Å²) in [6, 6.07) is 12.9. The van der Waals surface area contributed by atoms with Crippen molar-refractivity contribution in [2.45, 2.75) is 13.8 Å². The summed E-state index contributed by atoms with van der Waals surface area (Å²) in [5.74, 6) is -0.384. The van der Waals surface area contributed by atoms with Crippen LogP contribution in [0.5, 0.6) is 0 Å². The minimum absolute atomic E-state index is 0.0260. The zero-order valence-corrected chi connectivity index (χ0v) is 15.5. The lowest BCUT2D eigenvalue weighted by molar-refractivity contribution is -0.129. The van der Waals surface area contributed by atoms with Crippen LogP contribution in [0.4, 0.5) is 0 Å². The maximum atomic E-state index is 12.8. The van der Waals surface area contributed by atoms with Gasteiger partial charge in [0.1, 0.15) is 0 Å². The molecule has 3 rings (SSSR count). The summed E-state index contributed by atoms with van der Waals surface area (Å²) in [6.45, 7) is 5.05. The van der Waals surface area contributed by atoms with Gasteiger partial charge in [-0.2, -0.15) is 0 Å². The van der Waals surface area contributed by atoms with Crippen LogP contribution in [0.3, 0.4) is 0 Å². The molecule has 0 saturated carbocycles. The molecule has 0 bridgehead atoms. The predicted octanol–water partition coefficient (Wildman–Crippen LogP) is 2.90. The summed E-state index contributed by atoms with van der Waals surface area (Å²) in [4.78, 5) is 35.4. The summed E-state index contributed by atoms with van der Waals surface area (Å²) in [7, 11) is 0. The Morgan fingerprint density at radius 3 is 2.44 bits per heavy atom. The minimum atomic E-state index is -0.288. The van der Waals surface area contributed by atoms with Gasteiger partial charge in [-0.15, -0.1) is 0 Å². The molecule has 0 unspecified atom stereocenters. The molecular formula is C21H22N4O2. The van der Waals surface area contributed by atoms with Crippen LogP contribution in [0.15, 0.2) is 54.9 Å². The number of nitrogens with zero attached hydrogens (tertiary/aromatic N) is 3. The highest BCUT2D eigenvalue weighted by Gasteiger charge is 2.16. The van der Waals surface area contributed by atoms with Crippen molar-refractivity contribution in [2.75, 3.05) is 19.6 Å². The second kappa shape index (κ2) is 8.40. The Labute approximate surface area is 158 Å². The largest absolute Gasteiger partial charge is 0.343 e. The highest BCUT2D eigenvalue weighted by molar-refractivity contribution is 6.08. The molecule has 2 amide bonds. The molecule has 0 radical (unpaired) electrons. The maximum Gasteiger partial charge on any atom is 0.252 e. The monoisotopic (exact) mass is 362 g/mol. The average molecular weight is 362 g/mol. The van der Waals surface area contributed by atoms with Crippen LogP contribution in [-0.4, -0.2) is 46.3 Å². The molecule has 1 aromatic carbocycles. The molecule has 2 aromatic heterocycles. The van der Waals surface area contributed by atoms with Gasteiger partial charge in [0.15, 0.2) is 0 Å². The Morgan fingerprint density at radius 2 is 1.74 bits per heavy atom. The quantitative estimate of drug-likeness (QED) is 0.732. The van der Waals surface area contributed by atoms with Crippen LogP contribution in [-0.2, 0) is 4.79 Å². The molecule has 0 saturated heterocycles. The first kappa shape index (κ1) is 18.5. The second-order valence-electron chi connectivity index (χ2n) is 6.06. The maximum absolute atomic E-state index is 12.8. The van der Waals surface area contributed by atoms with Crippen LogP contribution in [0.25, 0.3) is 22.2 Å². The molecule has 0 fully saturated rings. The van der Waals surface area contributed by atoms with E-state index in [2.05, 4.69) is 15.3 Å². The molecule has 3 aromatic rings. The summed E-state index contributed by atoms with van der Waals surface area (Å²) in [5, 5.41) is 3.50. The number of pyridine rings is 2. The van der Waals surface area contributed by atoms with Crippen molar-refractivity contribution in [2.24, 2.45) is 0 Å². The van der Waals surface area contributed by atoms with Gasteiger partial charge in [0, 0.05) is 36.4 Å². The van der Waals surface area contributed by atoms with Crippen molar-refractivity contribution in [3.8, 4) is 11.3 Å². The number of carbonyl (C=O) groups is 2. The van der Waals surface area contributed by atoms with E-state index in [0.29, 0.717) is 24.3 Å². The number of fused-ring (bicyclic) bond motifs is 1. The first-order chi connectivity index (χ1) is 13.1. The van der Waals surface area contributed by atoms with E-state index in [0.717, 1.165) is 16.5 Å². The van der Waals surface area contributed by atoms with E-state index < -0.39 is 0 Å². The summed E-state index contributed by atoms with van der Waals surface area (Å²) < 4.78 is 0. The highest BCUT2D eigenvalue weighted by Crippen LogP contribution is 2.24. The minimum Gasteiger partial charge on any atom is -0.343 e. The van der Waals surface area contributed by atoms with Crippen molar-refractivity contribution in [3.05, 3.63) is 60.4 Å². The topological polar surface area (TPSA) is 75.2 Å². The molecule has 1 N–H and O–H groups in total. The number of benzene rings is 1. The molecule has 27 heavy (non-hydrogen) atoms. The highest BCUT2D eigenvalue weighted by atomic mass is 16.2. The Morgan fingerprint density at radius 1 is 1.04 bits per heavy atom. The summed E-state index contributed by atoms with van der Waals surface area (Å²) in [6.07, 6.45) is 3.38. The number of aromatic nitrogens is 2. The fraction of sp³-hybridized carbons (Fsp3) is 0.238. The van der Waals surface area contributed by atoms with Gasteiger partial charge in [-0.05, 0) is 38.1 Å². The van der Waals surface area contributed by atoms with Gasteiger partial charge in [0.05, 0.1) is 23.3 Å². The molecule has 0 aliphatic heterocycles. The SMILES string of the molecule is CCN(CC)C(=O)CNC(=O)c1cc(-c2ccncc2)nc2ccccc12. The number of amides is 2. The number of para-hydroxylation sites is 1. The van der Waals surface area contributed by atoms with Gasteiger partial charge in [-0.3, -0.25) is 14.6 Å². The number of hydrogen-bond donors (Lipinski definition) is 1. The van der Waals surface area contributed by atoms with Crippen LogP contribution >= 0.6 is 0 Å². The normalized spacial score (nSPS) is 10.6. The standard InChI is InChI=1S/C21H22N4O2/c1-3-25(4-2)20(26)14-23-21(27)17-13-19(15-9-11-22-12-10-15)24-18-8-6-5-7-16(17)18/h5-13H,3-4,14H2,1-2H3,(H,23,27). The molecular weight excluding hydrogens is 340 g/mol. The van der Waals surface area contributed by atoms with Crippen LogP contribution < -0.4 is 5.32 Å². The molecule has 0 atom stereocenters. The number of hydrogen-bond acceptors (Lipinski definition) is 4. The molecule has 0 aliphatic rings. The Bertz CT molecular complexity index is 953. The van der Waals surface area contributed by atoms with Crippen LogP contribution in [0.1, 0.15) is 24.2 Å². The van der Waals surface area contributed by atoms with Gasteiger partial charge in [-0.25, -0.2) is 4.98 Å². The van der Waals surface area contributed by atoms with Crippen molar-refractivity contribution in [3.63, 3.8) is 0 Å². The lowest BCUT2D eigenvalue weighted by Crippen LogP contribution is -2.40. The summed E-state index contributed by atoms with van der Waals surface area (Å²) >= 11 is 0. The number of likely N-dealkylation sites (N-methyl/N-ethyl adjacent to an activating group) is 1. The van der Waals surface area contributed by atoms with E-state index in [4.69, 9.17) is 0 Å². The fourth-order valence-electron chi connectivity index (χ4n) is 2.97. The molecule has 2 heterocycles. The van der Waals surface area contributed by atoms with Crippen molar-refractivity contribution in [1.29, 1.82) is 0 Å². The zero-order valence-electron chi connectivity index (χ0n) is 15.5. The second-order valence-corrected chi connectivity index (χ2v) is 6.06. The van der Waals surface area contributed by atoms with E-state index in [1.807, 2.05) is 50.2 Å². The number of rotatable bonds is 6. The number of carbonyl (C=O) groups excluding carboxylic acids is 2. The van der Waals surface area contributed by atoms with Gasteiger partial charge in [0.2, 0.25) is 5.91 Å². The van der Waals surface area contributed by atoms with E-state index in [-0.39, 0.29) is 18.4 Å². The third-order valence-corrected chi connectivity index (χ3v) is 4.45. The first-order valence-electron chi connectivity index (χ1n) is 9.00. The predicted molar refractivity (Wildman–Crippen MR) is 105 cm³/mol. The fourth-order valence-corrected chi connectivity index (χ4v) is 2.97. The molecule has 138 valence electrons. The molecule has 6 heteroatoms. The average Bonchev–Trinajstić information content (AvgIpc) is 2.72. The van der Waals surface area contributed by atoms with Gasteiger partial charge in [-0.1, -0.05) is 18.2 Å². The zero-order chi connectivity index (χ0) is 19.2. The molecule has 0 spiro atoms. The van der Waals surface area contributed by atoms with E-state index in [1.54, 1.807) is 23.4 Å². The third kappa shape index (κ3) is 4.11. The van der Waals surface area contributed by atoms with E-state index in [1.165, 1.54) is 0 Å². The Kier molecular flexibility index (Phi) is 5.76. The molecule has 0 aliphatic carbocycles. The van der Waals surface area contributed by atoms with Crippen molar-refractivity contribution in [1.82, 2.24) is 20.2 Å². The molecule has 6 nitrogen and oxygen atoms in total. The lowest BCUT2D eigenvalue weighted by atomic mass is 10.0. The first-order valence-corrected chi connectivity index (χ1v) is 9.00. The van der Waals surface area contributed by atoms with E-state index >= 15 is 0 Å². The number of nitrogens with one attached hydrogen (secondary N) is 1. The van der Waals surface area contributed by atoms with Crippen molar-refractivity contribution < 1.29 is 9.59 Å². The lowest BCUT2D eigenvalue weighted by Gasteiger charge is -2.19. The van der Waals surface area contributed by atoms with Gasteiger partial charge >= 0.3 is 0 Å². The smallest absolute Gasteiger partial charge is 0.252 e. The Hall–Kier alpha value is -3.28.